The van der Waals surface area contributed by atoms with Gasteiger partial charge in [-0.15, -0.1) is 5.10 Å². The first-order valence-electron chi connectivity index (χ1n) is 7.59. The van der Waals surface area contributed by atoms with Crippen LogP contribution >= 0.6 is 11.6 Å². The first-order valence-corrected chi connectivity index (χ1v) is 7.97. The predicted molar refractivity (Wildman–Crippen MR) is 92.3 cm³/mol. The van der Waals surface area contributed by atoms with E-state index < -0.39 is 17.5 Å². The Morgan fingerprint density at radius 2 is 1.88 bits per heavy atom. The first-order chi connectivity index (χ1) is 12.0. The van der Waals surface area contributed by atoms with E-state index in [1.807, 2.05) is 6.92 Å². The van der Waals surface area contributed by atoms with E-state index in [4.69, 9.17) is 11.6 Å². The van der Waals surface area contributed by atoms with Crippen molar-refractivity contribution in [2.45, 2.75) is 13.3 Å². The number of aromatic nitrogens is 2. The molecule has 7 heteroatoms. The molecule has 0 saturated carbocycles. The van der Waals surface area contributed by atoms with Crippen LogP contribution in [0.4, 0.5) is 14.6 Å². The topological polar surface area (TPSA) is 46.9 Å². The average molecular weight is 362 g/mol. The van der Waals surface area contributed by atoms with Crippen molar-refractivity contribution >= 4 is 23.3 Å². The normalized spacial score (nSPS) is 10.7. The van der Waals surface area contributed by atoms with Gasteiger partial charge in [0.15, 0.2) is 5.82 Å². The van der Waals surface area contributed by atoms with Crippen LogP contribution in [0.3, 0.4) is 0 Å². The number of hydrogen-bond donors (Lipinski definition) is 1. The fourth-order valence-electron chi connectivity index (χ4n) is 2.40. The van der Waals surface area contributed by atoms with Crippen LogP contribution in [0.5, 0.6) is 0 Å². The summed E-state index contributed by atoms with van der Waals surface area (Å²) in [6, 6.07) is 11.6. The van der Waals surface area contributed by atoms with E-state index in [1.165, 1.54) is 0 Å². The van der Waals surface area contributed by atoms with Crippen molar-refractivity contribution in [3.05, 3.63) is 76.4 Å². The van der Waals surface area contributed by atoms with Gasteiger partial charge in [-0.2, -0.15) is 0 Å². The number of benzene rings is 2. The summed E-state index contributed by atoms with van der Waals surface area (Å²) >= 11 is 5.89. The van der Waals surface area contributed by atoms with Gasteiger partial charge in [0.2, 0.25) is 0 Å². The van der Waals surface area contributed by atoms with E-state index >= 15 is 0 Å². The molecule has 2 aromatic carbocycles. The molecule has 0 bridgehead atoms. The second kappa shape index (κ2) is 7.03. The third kappa shape index (κ3) is 3.69. The third-order valence-corrected chi connectivity index (χ3v) is 3.89. The molecule has 25 heavy (non-hydrogen) atoms. The monoisotopic (exact) mass is 361 g/mol. The van der Waals surface area contributed by atoms with E-state index in [2.05, 4.69) is 10.4 Å². The maximum Gasteiger partial charge on any atom is 0.259 e. The Morgan fingerprint density at radius 1 is 1.16 bits per heavy atom. The highest BCUT2D eigenvalue weighted by atomic mass is 35.5. The standard InChI is InChI=1S/C18H14ClF2N3O/c1-2-13-10-17(23-24(13)14-6-3-11(19)4-7-14)22-18(25)15-8-5-12(20)9-16(15)21/h3-10H,2H2,1H3,(H,22,23,25). The number of aryl methyl sites for hydroxylation is 1. The largest absolute Gasteiger partial charge is 0.305 e. The van der Waals surface area contributed by atoms with Crippen LogP contribution in [-0.2, 0) is 6.42 Å². The quantitative estimate of drug-likeness (QED) is 0.737. The van der Waals surface area contributed by atoms with Gasteiger partial charge >= 0.3 is 0 Å². The number of rotatable bonds is 4. The van der Waals surface area contributed by atoms with Crippen molar-refractivity contribution in [1.29, 1.82) is 0 Å². The molecule has 4 nitrogen and oxygen atoms in total. The lowest BCUT2D eigenvalue weighted by atomic mass is 10.2. The van der Waals surface area contributed by atoms with Gasteiger partial charge < -0.3 is 5.32 Å². The fraction of sp³-hybridized carbons (Fsp3) is 0.111. The molecule has 3 aromatic rings. The van der Waals surface area contributed by atoms with Crippen LogP contribution in [0.2, 0.25) is 5.02 Å². The van der Waals surface area contributed by atoms with Gasteiger partial charge in [0.25, 0.3) is 5.91 Å². The number of carbonyl (C=O) groups is 1. The van der Waals surface area contributed by atoms with Crippen LogP contribution in [0.25, 0.3) is 5.69 Å². The first kappa shape index (κ1) is 17.1. The zero-order valence-corrected chi connectivity index (χ0v) is 14.0. The Balaban J connectivity index is 1.88. The average Bonchev–Trinajstić information content (AvgIpc) is 2.98. The smallest absolute Gasteiger partial charge is 0.259 e. The second-order valence-electron chi connectivity index (χ2n) is 5.34. The van der Waals surface area contributed by atoms with Gasteiger partial charge in [0.05, 0.1) is 11.3 Å². The zero-order chi connectivity index (χ0) is 18.0. The summed E-state index contributed by atoms with van der Waals surface area (Å²) in [7, 11) is 0. The van der Waals surface area contributed by atoms with Crippen LogP contribution in [0.1, 0.15) is 23.0 Å². The fourth-order valence-corrected chi connectivity index (χ4v) is 2.52. The van der Waals surface area contributed by atoms with Crippen molar-refractivity contribution in [2.24, 2.45) is 0 Å². The molecular weight excluding hydrogens is 348 g/mol. The molecule has 0 fully saturated rings. The second-order valence-corrected chi connectivity index (χ2v) is 5.78. The number of hydrogen-bond acceptors (Lipinski definition) is 2. The van der Waals surface area contributed by atoms with Gasteiger partial charge in [0, 0.05) is 22.8 Å². The number of carbonyl (C=O) groups excluding carboxylic acids is 1. The molecule has 0 spiro atoms. The van der Waals surface area contributed by atoms with Crippen LogP contribution in [0, 0.1) is 11.6 Å². The third-order valence-electron chi connectivity index (χ3n) is 3.63. The molecule has 0 unspecified atom stereocenters. The van der Waals surface area contributed by atoms with E-state index in [9.17, 15) is 13.6 Å². The van der Waals surface area contributed by atoms with Gasteiger partial charge in [0.1, 0.15) is 11.6 Å². The molecule has 1 amide bonds. The lowest BCUT2D eigenvalue weighted by molar-refractivity contribution is 0.102. The Labute approximate surface area is 148 Å². The molecule has 0 aliphatic rings. The molecule has 1 aromatic heterocycles. The number of nitrogens with zero attached hydrogens (tertiary/aromatic N) is 2. The minimum absolute atomic E-state index is 0.250. The maximum atomic E-state index is 13.7. The molecule has 0 saturated heterocycles. The molecule has 0 atom stereocenters. The summed E-state index contributed by atoms with van der Waals surface area (Å²) in [6.45, 7) is 1.95. The Kier molecular flexibility index (Phi) is 4.81. The van der Waals surface area contributed by atoms with Crippen molar-refractivity contribution in [3.8, 4) is 5.69 Å². The Bertz CT molecular complexity index is 923. The lowest BCUT2D eigenvalue weighted by Gasteiger charge is -2.05. The highest BCUT2D eigenvalue weighted by molar-refractivity contribution is 6.30. The lowest BCUT2D eigenvalue weighted by Crippen LogP contribution is -2.14. The highest BCUT2D eigenvalue weighted by Gasteiger charge is 2.15. The van der Waals surface area contributed by atoms with Gasteiger partial charge in [-0.25, -0.2) is 13.5 Å². The molecule has 0 aliphatic carbocycles. The van der Waals surface area contributed by atoms with Crippen molar-refractivity contribution in [1.82, 2.24) is 9.78 Å². The molecule has 128 valence electrons. The number of nitrogens with one attached hydrogen (secondary N) is 1. The van der Waals surface area contributed by atoms with E-state index in [0.717, 1.165) is 23.5 Å². The van der Waals surface area contributed by atoms with E-state index in [-0.39, 0.29) is 11.4 Å². The summed E-state index contributed by atoms with van der Waals surface area (Å²) in [5.74, 6) is -2.08. The maximum absolute atomic E-state index is 13.7. The summed E-state index contributed by atoms with van der Waals surface area (Å²) < 4.78 is 28.4. The summed E-state index contributed by atoms with van der Waals surface area (Å²) in [5, 5.41) is 7.48. The molecule has 0 radical (unpaired) electrons. The summed E-state index contributed by atoms with van der Waals surface area (Å²) in [6.07, 6.45) is 0.677. The molecular formula is C18H14ClF2N3O. The van der Waals surface area contributed by atoms with Crippen molar-refractivity contribution in [2.75, 3.05) is 5.32 Å². The van der Waals surface area contributed by atoms with Crippen molar-refractivity contribution in [3.63, 3.8) is 0 Å². The van der Waals surface area contributed by atoms with Crippen molar-refractivity contribution < 1.29 is 13.6 Å². The van der Waals surface area contributed by atoms with Crippen LogP contribution in [-0.4, -0.2) is 15.7 Å². The Morgan fingerprint density at radius 3 is 2.52 bits per heavy atom. The SMILES string of the molecule is CCc1cc(NC(=O)c2ccc(F)cc2F)nn1-c1ccc(Cl)cc1. The van der Waals surface area contributed by atoms with Gasteiger partial charge in [-0.3, -0.25) is 4.79 Å². The van der Waals surface area contributed by atoms with Gasteiger partial charge in [-0.05, 0) is 42.8 Å². The highest BCUT2D eigenvalue weighted by Crippen LogP contribution is 2.19. The van der Waals surface area contributed by atoms with Gasteiger partial charge in [-0.1, -0.05) is 18.5 Å². The Hall–Kier alpha value is -2.73. The number of halogens is 3. The zero-order valence-electron chi connectivity index (χ0n) is 13.3. The van der Waals surface area contributed by atoms with E-state index in [0.29, 0.717) is 17.5 Å². The molecule has 1 N–H and O–H groups in total. The molecule has 3 rings (SSSR count). The minimum atomic E-state index is -0.926. The van der Waals surface area contributed by atoms with Crippen LogP contribution < -0.4 is 5.32 Å². The minimum Gasteiger partial charge on any atom is -0.305 e. The molecule has 1 heterocycles. The van der Waals surface area contributed by atoms with Crippen LogP contribution in [0.15, 0.2) is 48.5 Å². The summed E-state index contributed by atoms with van der Waals surface area (Å²) in [4.78, 5) is 12.2. The number of anilines is 1. The molecule has 0 aliphatic heterocycles. The number of amides is 1. The summed E-state index contributed by atoms with van der Waals surface area (Å²) in [5.41, 5.74) is 1.40. The predicted octanol–water partition coefficient (Wildman–Crippen LogP) is 4.62. The van der Waals surface area contributed by atoms with E-state index in [1.54, 1.807) is 35.0 Å².